The van der Waals surface area contributed by atoms with Crippen LogP contribution < -0.4 is 0 Å². The molecule has 0 aliphatic carbocycles. The van der Waals surface area contributed by atoms with Crippen molar-refractivity contribution in [3.05, 3.63) is 70.7 Å². The molecule has 136 valence electrons. The Morgan fingerprint density at radius 3 is 2.35 bits per heavy atom. The van der Waals surface area contributed by atoms with Crippen molar-refractivity contribution >= 4 is 17.5 Å². The van der Waals surface area contributed by atoms with E-state index in [1.807, 2.05) is 24.3 Å². The molecule has 2 aliphatic heterocycles. The number of halogens is 1. The Kier molecular flexibility index (Phi) is 5.01. The Balaban J connectivity index is 1.42. The van der Waals surface area contributed by atoms with Gasteiger partial charge >= 0.3 is 0 Å². The molecule has 0 N–H and O–H groups in total. The summed E-state index contributed by atoms with van der Waals surface area (Å²) in [5.41, 5.74) is 2.54. The van der Waals surface area contributed by atoms with Gasteiger partial charge in [-0.1, -0.05) is 54.1 Å². The number of likely N-dealkylation sites (tertiary alicyclic amines) is 2. The minimum Gasteiger partial charge on any atom is -0.333 e. The molecule has 2 aliphatic rings. The molecule has 2 aromatic rings. The number of carbonyl (C=O) groups is 1. The fourth-order valence-corrected chi connectivity index (χ4v) is 4.65. The highest BCUT2D eigenvalue weighted by Gasteiger charge is 2.46. The molecule has 0 bridgehead atoms. The SMILES string of the molecule is O=C1CCC2(CCN(Cc3cccc(Cl)c3)CC2)N1Cc1ccccc1. The number of rotatable bonds is 4. The predicted molar refractivity (Wildman–Crippen MR) is 105 cm³/mol. The first-order valence-electron chi connectivity index (χ1n) is 9.46. The van der Waals surface area contributed by atoms with Crippen LogP contribution in [0.3, 0.4) is 0 Å². The Morgan fingerprint density at radius 2 is 1.62 bits per heavy atom. The fourth-order valence-electron chi connectivity index (χ4n) is 4.44. The quantitative estimate of drug-likeness (QED) is 0.793. The van der Waals surface area contributed by atoms with Gasteiger partial charge in [0.1, 0.15) is 0 Å². The fraction of sp³-hybridized carbons (Fsp3) is 0.409. The zero-order valence-corrected chi connectivity index (χ0v) is 15.8. The van der Waals surface area contributed by atoms with Crippen LogP contribution in [0.2, 0.25) is 5.02 Å². The van der Waals surface area contributed by atoms with Gasteiger partial charge in [-0.2, -0.15) is 0 Å². The molecule has 2 saturated heterocycles. The van der Waals surface area contributed by atoms with Crippen LogP contribution in [-0.2, 0) is 17.9 Å². The van der Waals surface area contributed by atoms with Crippen LogP contribution in [0.25, 0.3) is 0 Å². The van der Waals surface area contributed by atoms with E-state index in [1.165, 1.54) is 11.1 Å². The molecule has 0 aromatic heterocycles. The molecule has 3 nitrogen and oxygen atoms in total. The van der Waals surface area contributed by atoms with E-state index in [-0.39, 0.29) is 5.54 Å². The van der Waals surface area contributed by atoms with Gasteiger partial charge in [0.05, 0.1) is 0 Å². The van der Waals surface area contributed by atoms with Crippen LogP contribution in [0.4, 0.5) is 0 Å². The van der Waals surface area contributed by atoms with E-state index in [2.05, 4.69) is 40.1 Å². The van der Waals surface area contributed by atoms with Crippen LogP contribution in [0.15, 0.2) is 54.6 Å². The van der Waals surface area contributed by atoms with E-state index in [1.54, 1.807) is 0 Å². The number of piperidine rings is 1. The highest BCUT2D eigenvalue weighted by molar-refractivity contribution is 6.30. The molecular weight excluding hydrogens is 344 g/mol. The maximum atomic E-state index is 12.6. The van der Waals surface area contributed by atoms with Crippen molar-refractivity contribution in [2.75, 3.05) is 13.1 Å². The first-order chi connectivity index (χ1) is 12.6. The number of hydrogen-bond donors (Lipinski definition) is 0. The lowest BCUT2D eigenvalue weighted by Gasteiger charge is -2.45. The lowest BCUT2D eigenvalue weighted by atomic mass is 9.84. The van der Waals surface area contributed by atoms with E-state index >= 15 is 0 Å². The molecule has 4 heteroatoms. The van der Waals surface area contributed by atoms with Crippen molar-refractivity contribution in [2.24, 2.45) is 0 Å². The Labute approximate surface area is 160 Å². The van der Waals surface area contributed by atoms with E-state index < -0.39 is 0 Å². The average Bonchev–Trinajstić information content (AvgIpc) is 2.94. The summed E-state index contributed by atoms with van der Waals surface area (Å²) in [4.78, 5) is 17.2. The lowest BCUT2D eigenvalue weighted by molar-refractivity contribution is -0.133. The zero-order chi connectivity index (χ0) is 18.0. The van der Waals surface area contributed by atoms with E-state index in [4.69, 9.17) is 11.6 Å². The smallest absolute Gasteiger partial charge is 0.223 e. The number of hydrogen-bond acceptors (Lipinski definition) is 2. The number of amides is 1. The van der Waals surface area contributed by atoms with Crippen molar-refractivity contribution in [1.29, 1.82) is 0 Å². The van der Waals surface area contributed by atoms with E-state index in [0.717, 1.165) is 50.5 Å². The molecule has 0 radical (unpaired) electrons. The van der Waals surface area contributed by atoms with Gasteiger partial charge in [-0.05, 0) is 42.5 Å². The van der Waals surface area contributed by atoms with Crippen molar-refractivity contribution in [2.45, 2.75) is 44.3 Å². The molecule has 0 atom stereocenters. The predicted octanol–water partition coefficient (Wildman–Crippen LogP) is 4.50. The topological polar surface area (TPSA) is 23.6 Å². The standard InChI is InChI=1S/C22H25ClN2O/c23-20-8-4-7-19(15-20)16-24-13-11-22(12-14-24)10-9-21(26)25(22)17-18-5-2-1-3-6-18/h1-8,15H,9-14,16-17H2. The van der Waals surface area contributed by atoms with Gasteiger partial charge in [0.2, 0.25) is 5.91 Å². The van der Waals surface area contributed by atoms with Crippen LogP contribution in [-0.4, -0.2) is 34.3 Å². The summed E-state index contributed by atoms with van der Waals surface area (Å²) in [6, 6.07) is 18.5. The first kappa shape index (κ1) is 17.6. The van der Waals surface area contributed by atoms with Crippen LogP contribution >= 0.6 is 11.6 Å². The molecule has 1 amide bonds. The van der Waals surface area contributed by atoms with E-state index in [9.17, 15) is 4.79 Å². The number of nitrogens with zero attached hydrogens (tertiary/aromatic N) is 2. The average molecular weight is 369 g/mol. The molecule has 1 spiro atoms. The van der Waals surface area contributed by atoms with Crippen molar-refractivity contribution in [3.8, 4) is 0 Å². The molecular formula is C22H25ClN2O. The van der Waals surface area contributed by atoms with Gasteiger partial charge in [0.15, 0.2) is 0 Å². The summed E-state index contributed by atoms with van der Waals surface area (Å²) in [5, 5.41) is 0.798. The largest absolute Gasteiger partial charge is 0.333 e. The third kappa shape index (κ3) is 3.65. The number of carbonyl (C=O) groups excluding carboxylic acids is 1. The third-order valence-corrected chi connectivity index (χ3v) is 6.18. The van der Waals surface area contributed by atoms with Crippen LogP contribution in [0.5, 0.6) is 0 Å². The molecule has 2 fully saturated rings. The molecule has 2 aromatic carbocycles. The molecule has 4 rings (SSSR count). The highest BCUT2D eigenvalue weighted by atomic mass is 35.5. The third-order valence-electron chi connectivity index (χ3n) is 5.94. The summed E-state index contributed by atoms with van der Waals surface area (Å²) >= 11 is 6.11. The van der Waals surface area contributed by atoms with Crippen LogP contribution in [0, 0.1) is 0 Å². The minimum atomic E-state index is 0.0533. The molecule has 0 unspecified atom stereocenters. The Bertz CT molecular complexity index is 769. The summed E-state index contributed by atoms with van der Waals surface area (Å²) in [6.07, 6.45) is 3.82. The normalized spacial score (nSPS) is 20.0. The Hall–Kier alpha value is -1.84. The molecule has 0 saturated carbocycles. The Morgan fingerprint density at radius 1 is 0.885 bits per heavy atom. The zero-order valence-electron chi connectivity index (χ0n) is 15.0. The maximum Gasteiger partial charge on any atom is 0.223 e. The summed E-state index contributed by atoms with van der Waals surface area (Å²) < 4.78 is 0. The van der Waals surface area contributed by atoms with Crippen molar-refractivity contribution < 1.29 is 4.79 Å². The second kappa shape index (κ2) is 7.42. The number of benzene rings is 2. The summed E-state index contributed by atoms with van der Waals surface area (Å²) in [7, 11) is 0. The van der Waals surface area contributed by atoms with Gasteiger partial charge in [-0.25, -0.2) is 0 Å². The second-order valence-electron chi connectivity index (χ2n) is 7.60. The lowest BCUT2D eigenvalue weighted by Crippen LogP contribution is -2.52. The summed E-state index contributed by atoms with van der Waals surface area (Å²) in [6.45, 7) is 3.74. The van der Waals surface area contributed by atoms with E-state index in [0.29, 0.717) is 12.3 Å². The highest BCUT2D eigenvalue weighted by Crippen LogP contribution is 2.40. The summed E-state index contributed by atoms with van der Waals surface area (Å²) in [5.74, 6) is 0.317. The van der Waals surface area contributed by atoms with Crippen molar-refractivity contribution in [1.82, 2.24) is 9.80 Å². The van der Waals surface area contributed by atoms with Gasteiger partial charge in [0, 0.05) is 43.2 Å². The van der Waals surface area contributed by atoms with Crippen LogP contribution in [0.1, 0.15) is 36.8 Å². The van der Waals surface area contributed by atoms with Gasteiger partial charge in [-0.15, -0.1) is 0 Å². The maximum absolute atomic E-state index is 12.6. The molecule has 2 heterocycles. The van der Waals surface area contributed by atoms with Crippen molar-refractivity contribution in [3.63, 3.8) is 0 Å². The second-order valence-corrected chi connectivity index (χ2v) is 8.03. The molecule has 26 heavy (non-hydrogen) atoms. The van der Waals surface area contributed by atoms with Gasteiger partial charge in [-0.3, -0.25) is 9.69 Å². The van der Waals surface area contributed by atoms with Gasteiger partial charge < -0.3 is 4.90 Å². The monoisotopic (exact) mass is 368 g/mol. The van der Waals surface area contributed by atoms with Gasteiger partial charge in [0.25, 0.3) is 0 Å². The minimum absolute atomic E-state index is 0.0533. The first-order valence-corrected chi connectivity index (χ1v) is 9.84.